The van der Waals surface area contributed by atoms with Crippen LogP contribution < -0.4 is 15.4 Å². The van der Waals surface area contributed by atoms with Crippen LogP contribution in [-0.4, -0.2) is 23.7 Å². The van der Waals surface area contributed by atoms with Gasteiger partial charge in [-0.3, -0.25) is 0 Å². The fourth-order valence-corrected chi connectivity index (χ4v) is 2.23. The minimum absolute atomic E-state index is 0.299. The molecule has 0 spiro atoms. The first-order chi connectivity index (χ1) is 9.80. The van der Waals surface area contributed by atoms with E-state index in [9.17, 15) is 0 Å². The average molecular weight is 293 g/mol. The topological polar surface area (TPSA) is 51.4 Å². The number of pyridine rings is 1. The maximum Gasteiger partial charge on any atom is 0.239 e. The largest absolute Gasteiger partial charge is 0.470 e. The van der Waals surface area contributed by atoms with Crippen LogP contribution in [0, 0.1) is 5.92 Å². The van der Waals surface area contributed by atoms with Gasteiger partial charge in [0.15, 0.2) is 0 Å². The predicted molar refractivity (Wildman–Crippen MR) is 91.0 cm³/mol. The Labute approximate surface area is 129 Å². The number of nitrogen functional groups attached to an aromatic ring is 1. The second-order valence-electron chi connectivity index (χ2n) is 6.50. The second-order valence-corrected chi connectivity index (χ2v) is 6.50. The summed E-state index contributed by atoms with van der Waals surface area (Å²) in [6.45, 7) is 14.6. The van der Waals surface area contributed by atoms with Crippen LogP contribution in [0.25, 0.3) is 0 Å². The lowest BCUT2D eigenvalue weighted by molar-refractivity contribution is 0.125. The quantitative estimate of drug-likeness (QED) is 0.822. The molecular weight excluding hydrogens is 262 g/mol. The van der Waals surface area contributed by atoms with Gasteiger partial charge in [-0.25, -0.2) is 0 Å². The Balaban J connectivity index is 2.97. The number of hydrogen-bond acceptors (Lipinski definition) is 4. The standard InChI is InChI=1S/C17H31N3O/c1-7-13(8-2)12-20(9-3)15-11-10-14(18)16(19-15)21-17(4,5)6/h10-11,13H,7-9,12,18H2,1-6H3. The van der Waals surface area contributed by atoms with Crippen LogP contribution in [0.5, 0.6) is 5.88 Å². The Bertz CT molecular complexity index is 436. The van der Waals surface area contributed by atoms with Crippen LogP contribution >= 0.6 is 0 Å². The van der Waals surface area contributed by atoms with E-state index in [0.717, 1.165) is 18.9 Å². The van der Waals surface area contributed by atoms with Gasteiger partial charge in [-0.1, -0.05) is 26.7 Å². The van der Waals surface area contributed by atoms with Gasteiger partial charge in [0.25, 0.3) is 0 Å². The van der Waals surface area contributed by atoms with Crippen LogP contribution in [0.1, 0.15) is 54.4 Å². The molecule has 21 heavy (non-hydrogen) atoms. The summed E-state index contributed by atoms with van der Waals surface area (Å²) in [6, 6.07) is 3.87. The third kappa shape index (κ3) is 5.44. The van der Waals surface area contributed by atoms with Crippen LogP contribution in [0.4, 0.5) is 11.5 Å². The Kier molecular flexibility index (Phi) is 6.31. The SMILES string of the molecule is CCC(CC)CN(CC)c1ccc(N)c(OC(C)(C)C)n1. The first-order valence-corrected chi connectivity index (χ1v) is 8.01. The van der Waals surface area contributed by atoms with E-state index in [1.807, 2.05) is 32.9 Å². The van der Waals surface area contributed by atoms with Crippen LogP contribution in [-0.2, 0) is 0 Å². The fraction of sp³-hybridized carbons (Fsp3) is 0.706. The molecule has 1 aromatic rings. The number of rotatable bonds is 7. The van der Waals surface area contributed by atoms with Crippen molar-refractivity contribution in [1.29, 1.82) is 0 Å². The van der Waals surface area contributed by atoms with Crippen LogP contribution in [0.3, 0.4) is 0 Å². The highest BCUT2D eigenvalue weighted by molar-refractivity contribution is 5.54. The lowest BCUT2D eigenvalue weighted by Crippen LogP contribution is -2.30. The normalized spacial score (nSPS) is 11.8. The molecule has 1 aromatic heterocycles. The molecule has 0 radical (unpaired) electrons. The molecule has 0 unspecified atom stereocenters. The van der Waals surface area contributed by atoms with Gasteiger partial charge in [-0.05, 0) is 45.7 Å². The van der Waals surface area contributed by atoms with Crippen molar-refractivity contribution in [2.24, 2.45) is 5.92 Å². The third-order valence-corrected chi connectivity index (χ3v) is 3.62. The molecular formula is C17H31N3O. The monoisotopic (exact) mass is 293 g/mol. The van der Waals surface area contributed by atoms with Gasteiger partial charge >= 0.3 is 0 Å². The van der Waals surface area contributed by atoms with E-state index >= 15 is 0 Å². The minimum Gasteiger partial charge on any atom is -0.470 e. The third-order valence-electron chi connectivity index (χ3n) is 3.62. The molecule has 0 aliphatic carbocycles. The molecule has 4 heteroatoms. The second kappa shape index (κ2) is 7.53. The molecule has 1 rings (SSSR count). The molecule has 0 aromatic carbocycles. The molecule has 4 nitrogen and oxygen atoms in total. The molecule has 0 aliphatic heterocycles. The van der Waals surface area contributed by atoms with Gasteiger partial charge in [0.05, 0.1) is 5.69 Å². The summed E-state index contributed by atoms with van der Waals surface area (Å²) in [6.07, 6.45) is 2.38. The van der Waals surface area contributed by atoms with Gasteiger partial charge in [0.1, 0.15) is 11.4 Å². The molecule has 2 N–H and O–H groups in total. The highest BCUT2D eigenvalue weighted by Crippen LogP contribution is 2.27. The zero-order chi connectivity index (χ0) is 16.0. The average Bonchev–Trinajstić information content (AvgIpc) is 2.41. The zero-order valence-electron chi connectivity index (χ0n) is 14.4. The van der Waals surface area contributed by atoms with Crippen LogP contribution in [0.15, 0.2) is 12.1 Å². The number of ether oxygens (including phenoxy) is 1. The summed E-state index contributed by atoms with van der Waals surface area (Å²) in [4.78, 5) is 6.93. The van der Waals surface area contributed by atoms with Crippen LogP contribution in [0.2, 0.25) is 0 Å². The molecule has 0 fully saturated rings. The smallest absolute Gasteiger partial charge is 0.239 e. The molecule has 0 amide bonds. The van der Waals surface area contributed by atoms with Gasteiger partial charge < -0.3 is 15.4 Å². The molecule has 0 saturated heterocycles. The highest BCUT2D eigenvalue weighted by Gasteiger charge is 2.18. The first-order valence-electron chi connectivity index (χ1n) is 8.01. The van der Waals surface area contributed by atoms with E-state index in [-0.39, 0.29) is 5.60 Å². The molecule has 120 valence electrons. The summed E-state index contributed by atoms with van der Waals surface area (Å²) >= 11 is 0. The summed E-state index contributed by atoms with van der Waals surface area (Å²) in [7, 11) is 0. The van der Waals surface area contributed by atoms with E-state index < -0.39 is 0 Å². The van der Waals surface area contributed by atoms with Crippen molar-refractivity contribution in [1.82, 2.24) is 4.98 Å². The lowest BCUT2D eigenvalue weighted by Gasteiger charge is -2.28. The Morgan fingerprint density at radius 2 is 1.81 bits per heavy atom. The molecule has 0 atom stereocenters. The van der Waals surface area contributed by atoms with E-state index in [1.165, 1.54) is 12.8 Å². The Morgan fingerprint density at radius 3 is 2.29 bits per heavy atom. The molecule has 1 heterocycles. The summed E-state index contributed by atoms with van der Waals surface area (Å²) in [5.41, 5.74) is 6.28. The maximum atomic E-state index is 5.99. The van der Waals surface area contributed by atoms with Crippen molar-refractivity contribution in [2.45, 2.75) is 60.0 Å². The van der Waals surface area contributed by atoms with Crippen molar-refractivity contribution in [3.05, 3.63) is 12.1 Å². The minimum atomic E-state index is -0.299. The van der Waals surface area contributed by atoms with E-state index in [0.29, 0.717) is 17.5 Å². The van der Waals surface area contributed by atoms with Crippen molar-refractivity contribution < 1.29 is 4.74 Å². The van der Waals surface area contributed by atoms with Crippen molar-refractivity contribution in [3.8, 4) is 5.88 Å². The van der Waals surface area contributed by atoms with E-state index in [4.69, 9.17) is 10.5 Å². The molecule has 0 bridgehead atoms. The zero-order valence-corrected chi connectivity index (χ0v) is 14.4. The molecule has 0 aliphatic rings. The van der Waals surface area contributed by atoms with E-state index in [1.54, 1.807) is 0 Å². The highest BCUT2D eigenvalue weighted by atomic mass is 16.5. The van der Waals surface area contributed by atoms with Crippen molar-refractivity contribution in [3.63, 3.8) is 0 Å². The van der Waals surface area contributed by atoms with Gasteiger partial charge in [0.2, 0.25) is 5.88 Å². The first kappa shape index (κ1) is 17.6. The number of aromatic nitrogens is 1. The number of nitrogens with two attached hydrogens (primary N) is 1. The van der Waals surface area contributed by atoms with Gasteiger partial charge in [-0.15, -0.1) is 0 Å². The summed E-state index contributed by atoms with van der Waals surface area (Å²) in [5, 5.41) is 0. The van der Waals surface area contributed by atoms with Crippen molar-refractivity contribution in [2.75, 3.05) is 23.7 Å². The fourth-order valence-electron chi connectivity index (χ4n) is 2.23. The number of nitrogens with zero attached hydrogens (tertiary/aromatic N) is 2. The summed E-state index contributed by atoms with van der Waals surface area (Å²) < 4.78 is 5.86. The Morgan fingerprint density at radius 1 is 1.19 bits per heavy atom. The number of hydrogen-bond donors (Lipinski definition) is 1. The number of anilines is 2. The Hall–Kier alpha value is -1.45. The predicted octanol–water partition coefficient (Wildman–Crippen LogP) is 4.10. The van der Waals surface area contributed by atoms with Crippen molar-refractivity contribution >= 4 is 11.5 Å². The summed E-state index contributed by atoms with van der Waals surface area (Å²) in [5.74, 6) is 2.16. The maximum absolute atomic E-state index is 5.99. The lowest BCUT2D eigenvalue weighted by atomic mass is 10.0. The van der Waals surface area contributed by atoms with Gasteiger partial charge in [-0.2, -0.15) is 4.98 Å². The van der Waals surface area contributed by atoms with Gasteiger partial charge in [0, 0.05) is 13.1 Å². The molecule has 0 saturated carbocycles. The van der Waals surface area contributed by atoms with E-state index in [2.05, 4.69) is 30.7 Å².